The van der Waals surface area contributed by atoms with E-state index in [1.807, 2.05) is 0 Å². The highest BCUT2D eigenvalue weighted by Gasteiger charge is 2.13. The molecule has 4 aromatic heterocycles. The van der Waals surface area contributed by atoms with Crippen LogP contribution in [-0.4, -0.2) is 30.4 Å². The van der Waals surface area contributed by atoms with Crippen LogP contribution in [0.2, 0.25) is 0 Å². The Kier molecular flexibility index (Phi) is 4.21. The lowest BCUT2D eigenvalue weighted by molar-refractivity contribution is 0.464. The summed E-state index contributed by atoms with van der Waals surface area (Å²) in [5.74, 6) is 0.868. The molecule has 0 aliphatic rings. The largest absolute Gasteiger partial charge is 0.411 e. The van der Waals surface area contributed by atoms with Crippen molar-refractivity contribution in [2.75, 3.05) is 0 Å². The first-order valence-corrected chi connectivity index (χ1v) is 8.86. The second kappa shape index (κ2) is 6.81. The zero-order valence-electron chi connectivity index (χ0n) is 11.9. The van der Waals surface area contributed by atoms with Crippen LogP contribution in [0.3, 0.4) is 0 Å². The third-order valence-corrected chi connectivity index (χ3v) is 4.66. The Morgan fingerprint density at radius 3 is 1.42 bits per heavy atom. The standard InChI is InChI=1S/C14H8N6O2S2/c1-5-15-6-2-9(1)11-17-19-13(21-11)23-24-14-20-18-12(22-14)10-3-7-16-8-4-10/h1-8H. The number of nitrogens with zero attached hydrogens (tertiary/aromatic N) is 6. The van der Waals surface area contributed by atoms with Crippen molar-refractivity contribution in [1.82, 2.24) is 30.4 Å². The molecule has 0 bridgehead atoms. The van der Waals surface area contributed by atoms with Gasteiger partial charge < -0.3 is 8.83 Å². The van der Waals surface area contributed by atoms with Crippen molar-refractivity contribution < 1.29 is 8.83 Å². The van der Waals surface area contributed by atoms with Gasteiger partial charge in [0.2, 0.25) is 11.8 Å². The third kappa shape index (κ3) is 3.29. The smallest absolute Gasteiger partial charge is 0.288 e. The summed E-state index contributed by atoms with van der Waals surface area (Å²) in [7, 11) is 2.50. The summed E-state index contributed by atoms with van der Waals surface area (Å²) in [6.07, 6.45) is 6.67. The molecule has 0 unspecified atom stereocenters. The van der Waals surface area contributed by atoms with Crippen molar-refractivity contribution in [1.29, 1.82) is 0 Å². The average molecular weight is 356 g/mol. The van der Waals surface area contributed by atoms with E-state index in [1.54, 1.807) is 49.1 Å². The maximum Gasteiger partial charge on any atom is 0.288 e. The first-order valence-electron chi connectivity index (χ1n) is 6.71. The van der Waals surface area contributed by atoms with Crippen molar-refractivity contribution in [3.63, 3.8) is 0 Å². The monoisotopic (exact) mass is 356 g/mol. The van der Waals surface area contributed by atoms with E-state index in [4.69, 9.17) is 8.83 Å². The maximum atomic E-state index is 5.58. The molecule has 118 valence electrons. The Balaban J connectivity index is 1.43. The van der Waals surface area contributed by atoms with Gasteiger partial charge in [0.25, 0.3) is 10.4 Å². The predicted octanol–water partition coefficient (Wildman–Crippen LogP) is 3.38. The molecule has 0 aromatic carbocycles. The van der Waals surface area contributed by atoms with Crippen LogP contribution < -0.4 is 0 Å². The molecule has 0 amide bonds. The molecule has 4 heterocycles. The summed E-state index contributed by atoms with van der Waals surface area (Å²) in [4.78, 5) is 7.90. The Hall–Kier alpha value is -2.72. The minimum absolute atomic E-state index is 0.399. The molecule has 0 N–H and O–H groups in total. The fourth-order valence-electron chi connectivity index (χ4n) is 1.78. The van der Waals surface area contributed by atoms with Crippen LogP contribution in [0, 0.1) is 0 Å². The van der Waals surface area contributed by atoms with Gasteiger partial charge >= 0.3 is 0 Å². The van der Waals surface area contributed by atoms with Crippen LogP contribution in [-0.2, 0) is 0 Å². The van der Waals surface area contributed by atoms with Crippen molar-refractivity contribution in [3.05, 3.63) is 49.1 Å². The number of hydrogen-bond acceptors (Lipinski definition) is 10. The molecular formula is C14H8N6O2S2. The maximum absolute atomic E-state index is 5.58. The fraction of sp³-hybridized carbons (Fsp3) is 0. The molecule has 4 rings (SSSR count). The molecule has 0 saturated heterocycles. The molecule has 0 atom stereocenters. The van der Waals surface area contributed by atoms with Gasteiger partial charge in [0.1, 0.15) is 0 Å². The molecule has 0 saturated carbocycles. The topological polar surface area (TPSA) is 104 Å². The van der Waals surface area contributed by atoms with Gasteiger partial charge in [-0.15, -0.1) is 10.2 Å². The quantitative estimate of drug-likeness (QED) is 0.494. The lowest BCUT2D eigenvalue weighted by Crippen LogP contribution is -1.77. The van der Waals surface area contributed by atoms with Crippen molar-refractivity contribution in [2.45, 2.75) is 10.4 Å². The summed E-state index contributed by atoms with van der Waals surface area (Å²) >= 11 is 0. The van der Waals surface area contributed by atoms with Crippen LogP contribution in [0.25, 0.3) is 22.9 Å². The summed E-state index contributed by atoms with van der Waals surface area (Å²) in [6, 6.07) is 7.20. The summed E-state index contributed by atoms with van der Waals surface area (Å²) < 4.78 is 11.2. The third-order valence-electron chi connectivity index (χ3n) is 2.85. The molecule has 0 spiro atoms. The van der Waals surface area contributed by atoms with Gasteiger partial charge in [-0.1, -0.05) is 10.2 Å². The lowest BCUT2D eigenvalue weighted by atomic mass is 10.3. The lowest BCUT2D eigenvalue weighted by Gasteiger charge is -1.92. The van der Waals surface area contributed by atoms with Crippen molar-refractivity contribution >= 4 is 21.6 Å². The minimum Gasteiger partial charge on any atom is -0.411 e. The number of rotatable bonds is 5. The van der Waals surface area contributed by atoms with E-state index in [1.165, 1.54) is 21.6 Å². The zero-order valence-corrected chi connectivity index (χ0v) is 13.6. The van der Waals surface area contributed by atoms with E-state index in [0.717, 1.165) is 11.1 Å². The van der Waals surface area contributed by atoms with E-state index < -0.39 is 0 Å². The highest BCUT2D eigenvalue weighted by atomic mass is 33.1. The Bertz CT molecular complexity index is 851. The van der Waals surface area contributed by atoms with Gasteiger partial charge in [-0.3, -0.25) is 9.97 Å². The molecule has 10 heteroatoms. The van der Waals surface area contributed by atoms with Crippen molar-refractivity contribution in [3.8, 4) is 22.9 Å². The van der Waals surface area contributed by atoms with Gasteiger partial charge in [0, 0.05) is 57.5 Å². The predicted molar refractivity (Wildman–Crippen MR) is 86.8 cm³/mol. The second-order valence-corrected chi connectivity index (χ2v) is 6.42. The summed E-state index contributed by atoms with van der Waals surface area (Å²) in [5, 5.41) is 16.8. The SMILES string of the molecule is c1cc(-c2nnc(SSc3nnc(-c4ccncc4)o3)o2)ccn1. The fourth-order valence-corrected chi connectivity index (χ4v) is 3.13. The van der Waals surface area contributed by atoms with Crippen LogP contribution in [0.15, 0.2) is 68.3 Å². The molecular weight excluding hydrogens is 348 g/mol. The molecule has 0 radical (unpaired) electrons. The molecule has 0 aliphatic heterocycles. The van der Waals surface area contributed by atoms with Gasteiger partial charge in [-0.2, -0.15) is 0 Å². The van der Waals surface area contributed by atoms with Gasteiger partial charge in [0.05, 0.1) is 0 Å². The Morgan fingerprint density at radius 1 is 0.583 bits per heavy atom. The second-order valence-electron chi connectivity index (χ2n) is 4.38. The van der Waals surface area contributed by atoms with E-state index in [0.29, 0.717) is 22.2 Å². The number of hydrogen-bond donors (Lipinski definition) is 0. The zero-order chi connectivity index (χ0) is 16.2. The van der Waals surface area contributed by atoms with Crippen LogP contribution in [0.5, 0.6) is 0 Å². The normalized spacial score (nSPS) is 10.8. The molecule has 8 nitrogen and oxygen atoms in total. The van der Waals surface area contributed by atoms with E-state index in [2.05, 4.69) is 30.4 Å². The van der Waals surface area contributed by atoms with Crippen LogP contribution in [0.1, 0.15) is 0 Å². The van der Waals surface area contributed by atoms with E-state index in [9.17, 15) is 0 Å². The van der Waals surface area contributed by atoms with Gasteiger partial charge in [-0.05, 0) is 24.3 Å². The number of aromatic nitrogens is 6. The first-order chi connectivity index (χ1) is 11.9. The highest BCUT2D eigenvalue weighted by molar-refractivity contribution is 8.76. The van der Waals surface area contributed by atoms with E-state index >= 15 is 0 Å². The van der Waals surface area contributed by atoms with Gasteiger partial charge in [-0.25, -0.2) is 0 Å². The van der Waals surface area contributed by atoms with Gasteiger partial charge in [0.15, 0.2) is 0 Å². The Morgan fingerprint density at radius 2 is 1.00 bits per heavy atom. The Labute approximate surface area is 143 Å². The molecule has 4 aromatic rings. The summed E-state index contributed by atoms with van der Waals surface area (Å²) in [6.45, 7) is 0. The molecule has 0 aliphatic carbocycles. The van der Waals surface area contributed by atoms with Crippen LogP contribution >= 0.6 is 21.6 Å². The summed E-state index contributed by atoms with van der Waals surface area (Å²) in [5.41, 5.74) is 1.62. The molecule has 0 fully saturated rings. The molecule has 24 heavy (non-hydrogen) atoms. The highest BCUT2D eigenvalue weighted by Crippen LogP contribution is 2.37. The van der Waals surface area contributed by atoms with Crippen LogP contribution in [0.4, 0.5) is 0 Å². The first kappa shape index (κ1) is 14.8. The minimum atomic E-state index is 0.399. The number of pyridine rings is 2. The van der Waals surface area contributed by atoms with E-state index in [-0.39, 0.29) is 0 Å². The average Bonchev–Trinajstić information content (AvgIpc) is 3.31. The van der Waals surface area contributed by atoms with Crippen molar-refractivity contribution in [2.24, 2.45) is 0 Å².